The van der Waals surface area contributed by atoms with Crippen molar-refractivity contribution in [2.45, 2.75) is 19.5 Å². The lowest BCUT2D eigenvalue weighted by molar-refractivity contribution is -0.143. The van der Waals surface area contributed by atoms with Crippen molar-refractivity contribution in [3.05, 3.63) is 17.5 Å². The number of piperazine rings is 1. The molecule has 0 spiro atoms. The molecule has 1 N–H and O–H groups in total. The van der Waals surface area contributed by atoms with Gasteiger partial charge in [-0.1, -0.05) is 5.16 Å². The lowest BCUT2D eigenvalue weighted by Crippen LogP contribution is -2.53. The highest BCUT2D eigenvalue weighted by Gasteiger charge is 2.34. The second-order valence-corrected chi connectivity index (χ2v) is 7.30. The number of hydrogen-bond donors (Lipinski definition) is 1. The molecule has 1 aromatic heterocycles. The molecule has 1 unspecified atom stereocenters. The van der Waals surface area contributed by atoms with E-state index in [4.69, 9.17) is 4.52 Å². The molecule has 2 aliphatic heterocycles. The topological polar surface area (TPSA) is 81.9 Å². The molecule has 0 aliphatic carbocycles. The molecule has 3 amide bonds. The first-order valence-electron chi connectivity index (χ1n) is 9.26. The van der Waals surface area contributed by atoms with Crippen LogP contribution in [0.5, 0.6) is 0 Å². The maximum Gasteiger partial charge on any atom is 0.401 e. The molecule has 28 heavy (non-hydrogen) atoms. The van der Waals surface area contributed by atoms with Gasteiger partial charge in [-0.15, -0.1) is 0 Å². The van der Waals surface area contributed by atoms with E-state index in [1.54, 1.807) is 22.8 Å². The van der Waals surface area contributed by atoms with Gasteiger partial charge in [0.15, 0.2) is 0 Å². The molecule has 8 nitrogen and oxygen atoms in total. The number of aromatic nitrogens is 1. The average Bonchev–Trinajstić information content (AvgIpc) is 3.26. The molecule has 156 valence electrons. The number of hydrogen-bond acceptors (Lipinski definition) is 5. The molecule has 2 aliphatic rings. The SMILES string of the molecule is Cc1cc(C(=O)N2CCN(C(=O)NCC3CCN(CC(F)(F)F)C3)CC2)on1. The van der Waals surface area contributed by atoms with Gasteiger partial charge in [0.05, 0.1) is 12.2 Å². The highest BCUT2D eigenvalue weighted by atomic mass is 19.4. The maximum absolute atomic E-state index is 12.4. The van der Waals surface area contributed by atoms with Gasteiger partial charge in [0.2, 0.25) is 5.76 Å². The second kappa shape index (κ2) is 8.38. The minimum absolute atomic E-state index is 0.0175. The van der Waals surface area contributed by atoms with Gasteiger partial charge >= 0.3 is 12.2 Å². The van der Waals surface area contributed by atoms with Gasteiger partial charge in [-0.05, 0) is 25.8 Å². The molecular weight excluding hydrogens is 379 g/mol. The van der Waals surface area contributed by atoms with Crippen LogP contribution < -0.4 is 5.32 Å². The van der Waals surface area contributed by atoms with E-state index in [1.165, 1.54) is 4.90 Å². The van der Waals surface area contributed by atoms with Gasteiger partial charge in [0.25, 0.3) is 5.91 Å². The molecule has 11 heteroatoms. The van der Waals surface area contributed by atoms with Gasteiger partial charge in [-0.2, -0.15) is 13.2 Å². The van der Waals surface area contributed by atoms with Crippen LogP contribution in [0.2, 0.25) is 0 Å². The minimum atomic E-state index is -4.19. The number of nitrogens with one attached hydrogen (secondary N) is 1. The Kier molecular flexibility index (Phi) is 6.11. The Morgan fingerprint density at radius 2 is 1.89 bits per heavy atom. The summed E-state index contributed by atoms with van der Waals surface area (Å²) in [7, 11) is 0. The number of nitrogens with zero attached hydrogens (tertiary/aromatic N) is 4. The molecule has 3 heterocycles. The predicted octanol–water partition coefficient (Wildman–Crippen LogP) is 1.33. The number of rotatable bonds is 4. The van der Waals surface area contributed by atoms with Crippen molar-refractivity contribution in [2.24, 2.45) is 5.92 Å². The number of alkyl halides is 3. The van der Waals surface area contributed by atoms with Crippen molar-refractivity contribution < 1.29 is 27.3 Å². The first-order valence-corrected chi connectivity index (χ1v) is 9.26. The zero-order valence-electron chi connectivity index (χ0n) is 15.7. The van der Waals surface area contributed by atoms with Gasteiger partial charge < -0.3 is 19.6 Å². The van der Waals surface area contributed by atoms with E-state index in [1.807, 2.05) is 0 Å². The number of aryl methyl sites for hydroxylation is 1. The van der Waals surface area contributed by atoms with E-state index in [-0.39, 0.29) is 23.6 Å². The summed E-state index contributed by atoms with van der Waals surface area (Å²) in [5.41, 5.74) is 0.627. The summed E-state index contributed by atoms with van der Waals surface area (Å²) in [6.07, 6.45) is -3.56. The summed E-state index contributed by atoms with van der Waals surface area (Å²) in [5.74, 6) is -0.0553. The van der Waals surface area contributed by atoms with Crippen LogP contribution in [0.25, 0.3) is 0 Å². The summed E-state index contributed by atoms with van der Waals surface area (Å²) in [6.45, 7) is 3.44. The number of urea groups is 1. The van der Waals surface area contributed by atoms with Gasteiger partial charge in [-0.25, -0.2) is 4.79 Å². The number of amides is 3. The number of carbonyl (C=O) groups excluding carboxylic acids is 2. The van der Waals surface area contributed by atoms with E-state index in [9.17, 15) is 22.8 Å². The smallest absolute Gasteiger partial charge is 0.351 e. The molecular formula is C17H24F3N5O3. The minimum Gasteiger partial charge on any atom is -0.351 e. The fourth-order valence-corrected chi connectivity index (χ4v) is 3.55. The fraction of sp³-hybridized carbons (Fsp3) is 0.706. The Balaban J connectivity index is 1.38. The fourth-order valence-electron chi connectivity index (χ4n) is 3.55. The summed E-state index contributed by atoms with van der Waals surface area (Å²) >= 11 is 0. The van der Waals surface area contributed by atoms with Gasteiger partial charge in [-0.3, -0.25) is 9.69 Å². The van der Waals surface area contributed by atoms with Crippen LogP contribution in [0.4, 0.5) is 18.0 Å². The molecule has 3 rings (SSSR count). The average molecular weight is 403 g/mol. The Morgan fingerprint density at radius 1 is 1.21 bits per heavy atom. The quantitative estimate of drug-likeness (QED) is 0.821. The van der Waals surface area contributed by atoms with Crippen LogP contribution in [0.3, 0.4) is 0 Å². The van der Waals surface area contributed by atoms with E-state index in [2.05, 4.69) is 10.5 Å². The normalized spacial score (nSPS) is 21.2. The van der Waals surface area contributed by atoms with Crippen LogP contribution in [-0.2, 0) is 0 Å². The second-order valence-electron chi connectivity index (χ2n) is 7.30. The van der Waals surface area contributed by atoms with Crippen molar-refractivity contribution in [3.63, 3.8) is 0 Å². The summed E-state index contributed by atoms with van der Waals surface area (Å²) in [4.78, 5) is 29.2. The molecule has 2 fully saturated rings. The van der Waals surface area contributed by atoms with Crippen LogP contribution in [0, 0.1) is 12.8 Å². The molecule has 2 saturated heterocycles. The molecule has 0 saturated carbocycles. The third kappa shape index (κ3) is 5.37. The van der Waals surface area contributed by atoms with Crippen molar-refractivity contribution in [3.8, 4) is 0 Å². The van der Waals surface area contributed by atoms with Crippen LogP contribution in [-0.4, -0.2) is 90.3 Å². The van der Waals surface area contributed by atoms with Crippen molar-refractivity contribution in [2.75, 3.05) is 52.4 Å². The zero-order chi connectivity index (χ0) is 20.3. The van der Waals surface area contributed by atoms with Crippen LogP contribution in [0.1, 0.15) is 22.7 Å². The Labute approximate surface area is 160 Å². The summed E-state index contributed by atoms with van der Waals surface area (Å²) in [5, 5.41) is 6.50. The maximum atomic E-state index is 12.4. The monoisotopic (exact) mass is 403 g/mol. The molecule has 1 atom stereocenters. The molecule has 1 aromatic rings. The molecule has 0 aromatic carbocycles. The number of likely N-dealkylation sites (tertiary alicyclic amines) is 1. The number of halogens is 3. The molecule has 0 radical (unpaired) electrons. The Hall–Kier alpha value is -2.30. The van der Waals surface area contributed by atoms with E-state index < -0.39 is 12.7 Å². The van der Waals surface area contributed by atoms with Gasteiger partial charge in [0.1, 0.15) is 0 Å². The third-order valence-electron chi connectivity index (χ3n) is 5.01. The predicted molar refractivity (Wildman–Crippen MR) is 92.7 cm³/mol. The van der Waals surface area contributed by atoms with E-state index in [0.717, 1.165) is 0 Å². The van der Waals surface area contributed by atoms with Crippen molar-refractivity contribution in [1.29, 1.82) is 0 Å². The highest BCUT2D eigenvalue weighted by Crippen LogP contribution is 2.22. The van der Waals surface area contributed by atoms with Crippen LogP contribution >= 0.6 is 0 Å². The summed E-state index contributed by atoms with van der Waals surface area (Å²) < 4.78 is 42.3. The first kappa shape index (κ1) is 20.4. The lowest BCUT2D eigenvalue weighted by atomic mass is 10.1. The zero-order valence-corrected chi connectivity index (χ0v) is 15.7. The highest BCUT2D eigenvalue weighted by molar-refractivity contribution is 5.91. The van der Waals surface area contributed by atoms with Crippen molar-refractivity contribution >= 4 is 11.9 Å². The largest absolute Gasteiger partial charge is 0.401 e. The summed E-state index contributed by atoms with van der Waals surface area (Å²) in [6, 6.07) is 1.32. The van der Waals surface area contributed by atoms with Crippen LogP contribution in [0.15, 0.2) is 10.6 Å². The standard InChI is InChI=1S/C17H24F3N5O3/c1-12-8-14(28-22-12)15(26)24-4-6-25(7-5-24)16(27)21-9-13-2-3-23(10-13)11-17(18,19)20/h8,13H,2-7,9-11H2,1H3,(H,21,27). The number of carbonyl (C=O) groups is 2. The van der Waals surface area contributed by atoms with E-state index in [0.29, 0.717) is 57.9 Å². The van der Waals surface area contributed by atoms with Crippen molar-refractivity contribution in [1.82, 2.24) is 25.2 Å². The Morgan fingerprint density at radius 3 is 2.50 bits per heavy atom. The van der Waals surface area contributed by atoms with Gasteiger partial charge in [0, 0.05) is 45.3 Å². The lowest BCUT2D eigenvalue weighted by Gasteiger charge is -2.34. The third-order valence-corrected chi connectivity index (χ3v) is 5.01. The first-order chi connectivity index (χ1) is 13.2. The van der Waals surface area contributed by atoms with E-state index >= 15 is 0 Å². The molecule has 0 bridgehead atoms. The Bertz CT molecular complexity index is 700.